The molecule has 1 N–H and O–H groups in total. The van der Waals surface area contributed by atoms with Crippen LogP contribution >= 0.6 is 0 Å². The van der Waals surface area contributed by atoms with E-state index < -0.39 is 5.97 Å². The largest absolute Gasteiger partial charge is 0.478 e. The highest BCUT2D eigenvalue weighted by Gasteiger charge is 2.23. The van der Waals surface area contributed by atoms with E-state index in [0.717, 1.165) is 36.5 Å². The van der Waals surface area contributed by atoms with Gasteiger partial charge in [0.25, 0.3) is 0 Å². The number of anilines is 1. The van der Waals surface area contributed by atoms with E-state index >= 15 is 0 Å². The highest BCUT2D eigenvalue weighted by atomic mass is 16.4. The highest BCUT2D eigenvalue weighted by Crippen LogP contribution is 2.29. The summed E-state index contributed by atoms with van der Waals surface area (Å²) in [5.41, 5.74) is 1.68. The molecule has 1 aliphatic rings. The van der Waals surface area contributed by atoms with Crippen LogP contribution in [0.2, 0.25) is 0 Å². The number of imidazole rings is 1. The van der Waals surface area contributed by atoms with Crippen LogP contribution in [-0.4, -0.2) is 33.0 Å². The molecule has 0 amide bonds. The average Bonchev–Trinajstić information content (AvgIpc) is 2.84. The summed E-state index contributed by atoms with van der Waals surface area (Å²) in [5, 5.41) is 8.91. The second-order valence-electron chi connectivity index (χ2n) is 5.46. The van der Waals surface area contributed by atoms with Gasteiger partial charge in [0.05, 0.1) is 5.69 Å². The summed E-state index contributed by atoms with van der Waals surface area (Å²) < 4.78 is 1.94. The zero-order valence-electron chi connectivity index (χ0n) is 12.1. The monoisotopic (exact) mass is 285 g/mol. The molecule has 0 aromatic carbocycles. The normalized spacial score (nSPS) is 19.5. The van der Waals surface area contributed by atoms with E-state index in [9.17, 15) is 4.79 Å². The molecule has 21 heavy (non-hydrogen) atoms. The fourth-order valence-electron chi connectivity index (χ4n) is 2.93. The van der Waals surface area contributed by atoms with Crippen molar-refractivity contribution >= 4 is 23.5 Å². The maximum absolute atomic E-state index is 10.9. The zero-order valence-corrected chi connectivity index (χ0v) is 12.1. The summed E-state index contributed by atoms with van der Waals surface area (Å²) >= 11 is 0. The molecule has 0 saturated carbocycles. The van der Waals surface area contributed by atoms with Crippen molar-refractivity contribution < 1.29 is 9.90 Å². The first kappa shape index (κ1) is 13.7. The first-order valence-corrected chi connectivity index (χ1v) is 7.31. The Morgan fingerprint density at radius 3 is 3.05 bits per heavy atom. The van der Waals surface area contributed by atoms with E-state index in [1.807, 2.05) is 28.8 Å². The SMILES string of the molecule is CC1CCCCN1c1nc2ccccn2c1/C=C/C(=O)O. The van der Waals surface area contributed by atoms with Crippen molar-refractivity contribution in [2.75, 3.05) is 11.4 Å². The molecule has 0 aliphatic carbocycles. The summed E-state index contributed by atoms with van der Waals surface area (Å²) in [6, 6.07) is 6.24. The van der Waals surface area contributed by atoms with Crippen molar-refractivity contribution in [2.24, 2.45) is 0 Å². The van der Waals surface area contributed by atoms with Gasteiger partial charge in [0.2, 0.25) is 0 Å². The standard InChI is InChI=1S/C16H19N3O2/c1-12-6-2-4-10-18(12)16-13(8-9-15(20)21)19-11-5-3-7-14(19)17-16/h3,5,7-9,11-12H,2,4,6,10H2,1H3,(H,20,21)/b9-8+. The molecule has 0 spiro atoms. The molecule has 3 rings (SSSR count). The Balaban J connectivity index is 2.11. The number of aromatic nitrogens is 2. The van der Waals surface area contributed by atoms with E-state index in [1.54, 1.807) is 6.08 Å². The summed E-state index contributed by atoms with van der Waals surface area (Å²) in [5.74, 6) is -0.0653. The van der Waals surface area contributed by atoms with Gasteiger partial charge >= 0.3 is 5.97 Å². The van der Waals surface area contributed by atoms with Crippen molar-refractivity contribution in [3.63, 3.8) is 0 Å². The topological polar surface area (TPSA) is 57.8 Å². The number of carboxylic acids is 1. The molecule has 5 nitrogen and oxygen atoms in total. The Kier molecular flexibility index (Phi) is 3.64. The number of pyridine rings is 1. The van der Waals surface area contributed by atoms with E-state index in [4.69, 9.17) is 10.1 Å². The molecule has 1 unspecified atom stereocenters. The number of fused-ring (bicyclic) bond motifs is 1. The van der Waals surface area contributed by atoms with E-state index in [0.29, 0.717) is 6.04 Å². The van der Waals surface area contributed by atoms with Crippen molar-refractivity contribution in [3.8, 4) is 0 Å². The number of aliphatic carboxylic acids is 1. The minimum absolute atomic E-state index is 0.431. The van der Waals surface area contributed by atoms with Crippen LogP contribution in [0.4, 0.5) is 5.82 Å². The smallest absolute Gasteiger partial charge is 0.328 e. The zero-order chi connectivity index (χ0) is 14.8. The van der Waals surface area contributed by atoms with Crippen LogP contribution in [0.15, 0.2) is 30.5 Å². The fourth-order valence-corrected chi connectivity index (χ4v) is 2.93. The Labute approximate surface area is 123 Å². The average molecular weight is 285 g/mol. The Morgan fingerprint density at radius 1 is 1.43 bits per heavy atom. The molecule has 1 fully saturated rings. The number of nitrogens with zero attached hydrogens (tertiary/aromatic N) is 3. The Morgan fingerprint density at radius 2 is 2.29 bits per heavy atom. The van der Waals surface area contributed by atoms with Gasteiger partial charge in [0, 0.05) is 24.9 Å². The third-order valence-electron chi connectivity index (χ3n) is 4.01. The molecule has 1 saturated heterocycles. The summed E-state index contributed by atoms with van der Waals surface area (Å²) in [7, 11) is 0. The molecular weight excluding hydrogens is 266 g/mol. The Bertz CT molecular complexity index is 690. The minimum atomic E-state index is -0.946. The number of rotatable bonds is 3. The lowest BCUT2D eigenvalue weighted by atomic mass is 10.0. The first-order chi connectivity index (χ1) is 10.2. The van der Waals surface area contributed by atoms with Gasteiger partial charge < -0.3 is 10.0 Å². The van der Waals surface area contributed by atoms with Gasteiger partial charge in [-0.05, 0) is 44.4 Å². The number of piperidine rings is 1. The maximum atomic E-state index is 10.9. The van der Waals surface area contributed by atoms with Gasteiger partial charge in [-0.25, -0.2) is 9.78 Å². The molecule has 0 radical (unpaired) electrons. The van der Waals surface area contributed by atoms with Crippen LogP contribution in [0.25, 0.3) is 11.7 Å². The van der Waals surface area contributed by atoms with Crippen LogP contribution in [0, 0.1) is 0 Å². The van der Waals surface area contributed by atoms with E-state index in [2.05, 4.69) is 11.8 Å². The molecule has 110 valence electrons. The highest BCUT2D eigenvalue weighted by molar-refractivity contribution is 5.86. The van der Waals surface area contributed by atoms with Gasteiger partial charge in [-0.1, -0.05) is 6.07 Å². The molecule has 1 aliphatic heterocycles. The number of hydrogen-bond acceptors (Lipinski definition) is 3. The van der Waals surface area contributed by atoms with Crippen LogP contribution < -0.4 is 4.90 Å². The third kappa shape index (κ3) is 2.63. The van der Waals surface area contributed by atoms with E-state index in [1.165, 1.54) is 12.5 Å². The second kappa shape index (κ2) is 5.60. The van der Waals surface area contributed by atoms with Crippen molar-refractivity contribution in [2.45, 2.75) is 32.2 Å². The van der Waals surface area contributed by atoms with Crippen molar-refractivity contribution in [1.29, 1.82) is 0 Å². The fraction of sp³-hybridized carbons (Fsp3) is 0.375. The first-order valence-electron chi connectivity index (χ1n) is 7.31. The lowest BCUT2D eigenvalue weighted by Gasteiger charge is -2.34. The van der Waals surface area contributed by atoms with Crippen LogP contribution in [0.1, 0.15) is 31.9 Å². The molecular formula is C16H19N3O2. The lowest BCUT2D eigenvalue weighted by molar-refractivity contribution is -0.131. The van der Waals surface area contributed by atoms with Gasteiger partial charge in [-0.3, -0.25) is 4.40 Å². The van der Waals surface area contributed by atoms with Gasteiger partial charge in [0.15, 0.2) is 5.82 Å². The number of carbonyl (C=O) groups is 1. The predicted octanol–water partition coefficient (Wildman–Crippen LogP) is 2.81. The molecule has 2 aromatic heterocycles. The second-order valence-corrected chi connectivity index (χ2v) is 5.46. The number of hydrogen-bond donors (Lipinski definition) is 1. The maximum Gasteiger partial charge on any atom is 0.328 e. The van der Waals surface area contributed by atoms with Crippen LogP contribution in [0.3, 0.4) is 0 Å². The molecule has 3 heterocycles. The molecule has 5 heteroatoms. The summed E-state index contributed by atoms with van der Waals surface area (Å²) in [6.07, 6.45) is 8.27. The molecule has 2 aromatic rings. The van der Waals surface area contributed by atoms with Crippen LogP contribution in [0.5, 0.6) is 0 Å². The van der Waals surface area contributed by atoms with Gasteiger partial charge in [0.1, 0.15) is 5.65 Å². The van der Waals surface area contributed by atoms with Gasteiger partial charge in [-0.15, -0.1) is 0 Å². The quantitative estimate of drug-likeness (QED) is 0.881. The number of carboxylic acid groups (broad SMARTS) is 1. The van der Waals surface area contributed by atoms with E-state index in [-0.39, 0.29) is 0 Å². The van der Waals surface area contributed by atoms with Gasteiger partial charge in [-0.2, -0.15) is 0 Å². The van der Waals surface area contributed by atoms with Crippen molar-refractivity contribution in [3.05, 3.63) is 36.2 Å². The summed E-state index contributed by atoms with van der Waals surface area (Å²) in [6.45, 7) is 3.17. The minimum Gasteiger partial charge on any atom is -0.478 e. The lowest BCUT2D eigenvalue weighted by Crippen LogP contribution is -2.38. The predicted molar refractivity (Wildman–Crippen MR) is 82.5 cm³/mol. The molecule has 0 bridgehead atoms. The summed E-state index contributed by atoms with van der Waals surface area (Å²) in [4.78, 5) is 17.9. The van der Waals surface area contributed by atoms with Crippen LogP contribution in [-0.2, 0) is 4.79 Å². The molecule has 1 atom stereocenters. The Hall–Kier alpha value is -2.30. The third-order valence-corrected chi connectivity index (χ3v) is 4.01. The van der Waals surface area contributed by atoms with Crippen molar-refractivity contribution in [1.82, 2.24) is 9.38 Å².